The molecule has 0 amide bonds. The van der Waals surface area contributed by atoms with Crippen molar-refractivity contribution in [3.05, 3.63) is 76.0 Å². The van der Waals surface area contributed by atoms with Crippen LogP contribution >= 0.6 is 0 Å². The standard InChI is InChI=1S/C30H35N7O5S/c1-4-41-30(38)28-17-22-16-26(42-25-10-12-35(13-11-25)20(3)31)8-9-27(22)36(43(28,39)40)18-24-14-19(2)34-37(24)23-7-5-6-21(15-23)29(32)33/h5-9,14-17,25,31H,4,10-13,18H2,1-3H3,(H3,32,33). The zero-order valence-corrected chi connectivity index (χ0v) is 25.1. The predicted molar refractivity (Wildman–Crippen MR) is 164 cm³/mol. The highest BCUT2D eigenvalue weighted by Crippen LogP contribution is 2.38. The van der Waals surface area contributed by atoms with Crippen LogP contribution in [0, 0.1) is 17.7 Å². The molecule has 13 heteroatoms. The molecule has 43 heavy (non-hydrogen) atoms. The van der Waals surface area contributed by atoms with Gasteiger partial charge in [0.25, 0.3) is 10.0 Å². The first-order valence-electron chi connectivity index (χ1n) is 14.0. The number of aryl methyl sites for hydroxylation is 1. The lowest BCUT2D eigenvalue weighted by Gasteiger charge is -2.33. The summed E-state index contributed by atoms with van der Waals surface area (Å²) in [6, 6.07) is 13.9. The summed E-state index contributed by atoms with van der Waals surface area (Å²) in [4.78, 5) is 14.4. The van der Waals surface area contributed by atoms with Crippen molar-refractivity contribution in [3.8, 4) is 11.4 Å². The molecule has 2 aliphatic heterocycles. The molecule has 2 aliphatic rings. The number of hydrogen-bond acceptors (Lipinski definition) is 8. The van der Waals surface area contributed by atoms with Gasteiger partial charge >= 0.3 is 5.97 Å². The van der Waals surface area contributed by atoms with Crippen molar-refractivity contribution < 1.29 is 22.7 Å². The number of carbonyl (C=O) groups is 1. The lowest BCUT2D eigenvalue weighted by atomic mass is 10.1. The third-order valence-electron chi connectivity index (χ3n) is 7.43. The van der Waals surface area contributed by atoms with Gasteiger partial charge in [0.1, 0.15) is 17.7 Å². The van der Waals surface area contributed by atoms with Gasteiger partial charge in [-0.05, 0) is 63.2 Å². The van der Waals surface area contributed by atoms with Crippen LogP contribution in [-0.2, 0) is 26.1 Å². The van der Waals surface area contributed by atoms with Crippen molar-refractivity contribution in [2.45, 2.75) is 46.3 Å². The van der Waals surface area contributed by atoms with E-state index in [0.717, 1.165) is 25.9 Å². The smallest absolute Gasteiger partial charge is 0.351 e. The molecule has 0 atom stereocenters. The Kier molecular flexibility index (Phi) is 8.27. The second kappa shape index (κ2) is 11.9. The minimum absolute atomic E-state index is 0.0219. The van der Waals surface area contributed by atoms with E-state index in [9.17, 15) is 13.2 Å². The van der Waals surface area contributed by atoms with E-state index in [1.807, 2.05) is 4.90 Å². The number of likely N-dealkylation sites (tertiary alicyclic amines) is 1. The zero-order valence-electron chi connectivity index (χ0n) is 24.3. The number of rotatable bonds is 8. The molecule has 0 spiro atoms. The van der Waals surface area contributed by atoms with Crippen molar-refractivity contribution in [1.82, 2.24) is 14.7 Å². The molecule has 1 fully saturated rings. The highest BCUT2D eigenvalue weighted by atomic mass is 32.2. The number of aromatic nitrogens is 2. The van der Waals surface area contributed by atoms with Gasteiger partial charge in [0, 0.05) is 37.1 Å². The number of nitrogens with zero attached hydrogens (tertiary/aromatic N) is 4. The van der Waals surface area contributed by atoms with Gasteiger partial charge in [-0.1, -0.05) is 12.1 Å². The van der Waals surface area contributed by atoms with E-state index in [1.165, 1.54) is 10.4 Å². The number of nitrogens with one attached hydrogen (secondary N) is 2. The molecular formula is C30H35N7O5S. The Labute approximate surface area is 250 Å². The number of esters is 1. The van der Waals surface area contributed by atoms with Gasteiger partial charge in [-0.3, -0.25) is 15.1 Å². The number of benzene rings is 2. The first-order valence-corrected chi connectivity index (χ1v) is 15.4. The number of ether oxygens (including phenoxy) is 2. The molecule has 5 rings (SSSR count). The minimum Gasteiger partial charge on any atom is -0.490 e. The zero-order chi connectivity index (χ0) is 30.9. The number of anilines is 1. The fourth-order valence-corrected chi connectivity index (χ4v) is 6.80. The van der Waals surface area contributed by atoms with Gasteiger partial charge in [-0.2, -0.15) is 5.10 Å². The van der Waals surface area contributed by atoms with E-state index < -0.39 is 20.9 Å². The average Bonchev–Trinajstić information content (AvgIpc) is 3.34. The molecule has 226 valence electrons. The summed E-state index contributed by atoms with van der Waals surface area (Å²) in [6.45, 7) is 6.54. The molecule has 3 aromatic rings. The third-order valence-corrected chi connectivity index (χ3v) is 9.18. The number of carbonyl (C=O) groups excluding carboxylic acids is 1. The summed E-state index contributed by atoms with van der Waals surface area (Å²) in [5.41, 5.74) is 8.91. The van der Waals surface area contributed by atoms with Gasteiger partial charge < -0.3 is 20.1 Å². The number of nitrogen functional groups attached to an aromatic ring is 1. The lowest BCUT2D eigenvalue weighted by molar-refractivity contribution is -0.137. The van der Waals surface area contributed by atoms with E-state index >= 15 is 0 Å². The maximum atomic E-state index is 13.9. The lowest BCUT2D eigenvalue weighted by Crippen LogP contribution is -2.40. The normalized spacial score (nSPS) is 16.3. The first kappa shape index (κ1) is 29.8. The number of nitrogens with two attached hydrogens (primary N) is 1. The number of piperidine rings is 1. The van der Waals surface area contributed by atoms with Gasteiger partial charge in [0.2, 0.25) is 0 Å². The predicted octanol–water partition coefficient (Wildman–Crippen LogP) is 3.56. The van der Waals surface area contributed by atoms with Crippen LogP contribution in [0.15, 0.2) is 53.4 Å². The summed E-state index contributed by atoms with van der Waals surface area (Å²) in [6.07, 6.45) is 2.80. The average molecular weight is 606 g/mol. The Morgan fingerprint density at radius 2 is 1.86 bits per heavy atom. The summed E-state index contributed by atoms with van der Waals surface area (Å²) >= 11 is 0. The van der Waals surface area contributed by atoms with Gasteiger partial charge in [-0.15, -0.1) is 0 Å². The maximum Gasteiger partial charge on any atom is 0.351 e. The maximum absolute atomic E-state index is 13.9. The fourth-order valence-electron chi connectivity index (χ4n) is 5.29. The molecule has 0 aliphatic carbocycles. The van der Waals surface area contributed by atoms with Crippen LogP contribution in [0.2, 0.25) is 0 Å². The first-order chi connectivity index (χ1) is 20.5. The van der Waals surface area contributed by atoms with Gasteiger partial charge in [-0.25, -0.2) is 17.9 Å². The second-order valence-electron chi connectivity index (χ2n) is 10.5. The monoisotopic (exact) mass is 605 g/mol. The molecule has 2 aromatic carbocycles. The largest absolute Gasteiger partial charge is 0.490 e. The van der Waals surface area contributed by atoms with E-state index in [-0.39, 0.29) is 25.1 Å². The van der Waals surface area contributed by atoms with Crippen molar-refractivity contribution in [2.75, 3.05) is 24.0 Å². The van der Waals surface area contributed by atoms with Crippen LogP contribution in [0.25, 0.3) is 11.8 Å². The molecule has 12 nitrogen and oxygen atoms in total. The summed E-state index contributed by atoms with van der Waals surface area (Å²) in [7, 11) is -4.30. The van der Waals surface area contributed by atoms with Gasteiger partial charge in [0.15, 0.2) is 4.91 Å². The molecule has 0 unspecified atom stereocenters. The highest BCUT2D eigenvalue weighted by molar-refractivity contribution is 7.97. The number of sulfonamides is 1. The minimum atomic E-state index is -4.30. The number of fused-ring (bicyclic) bond motifs is 1. The SMILES string of the molecule is CCOC(=O)C1=Cc2cc(OC3CCN(C(C)=N)CC3)ccc2N(Cc2cc(C)nn2-c2cccc(C(=N)N)c2)S1(=O)=O. The molecule has 0 bridgehead atoms. The molecule has 1 saturated heterocycles. The van der Waals surface area contributed by atoms with E-state index in [2.05, 4.69) is 5.10 Å². The van der Waals surface area contributed by atoms with Crippen LogP contribution in [-0.4, -0.2) is 66.5 Å². The summed E-state index contributed by atoms with van der Waals surface area (Å²) in [5.74, 6) is 0.0628. The van der Waals surface area contributed by atoms with Gasteiger partial charge in [0.05, 0.1) is 41.7 Å². The van der Waals surface area contributed by atoms with E-state index in [4.69, 9.17) is 26.0 Å². The quantitative estimate of drug-likeness (QED) is 0.199. The number of amidine groups is 2. The Morgan fingerprint density at radius 1 is 1.12 bits per heavy atom. The van der Waals surface area contributed by atoms with Crippen LogP contribution in [0.5, 0.6) is 5.75 Å². The number of hydrogen-bond donors (Lipinski definition) is 3. The third kappa shape index (κ3) is 6.12. The van der Waals surface area contributed by atoms with Crippen molar-refractivity contribution in [3.63, 3.8) is 0 Å². The summed E-state index contributed by atoms with van der Waals surface area (Å²) < 4.78 is 42.0. The van der Waals surface area contributed by atoms with Crippen molar-refractivity contribution >= 4 is 39.4 Å². The molecule has 0 radical (unpaired) electrons. The Hall–Kier alpha value is -4.65. The Balaban J connectivity index is 1.51. The Bertz CT molecular complexity index is 1720. The van der Waals surface area contributed by atoms with Crippen LogP contribution in [0.4, 0.5) is 5.69 Å². The molecular weight excluding hydrogens is 570 g/mol. The molecule has 1 aromatic heterocycles. The fraction of sp³-hybridized carbons (Fsp3) is 0.333. The van der Waals surface area contributed by atoms with Crippen LogP contribution in [0.1, 0.15) is 49.2 Å². The van der Waals surface area contributed by atoms with Crippen molar-refractivity contribution in [2.24, 2.45) is 5.73 Å². The second-order valence-corrected chi connectivity index (χ2v) is 12.3. The Morgan fingerprint density at radius 3 is 2.53 bits per heavy atom. The highest BCUT2D eigenvalue weighted by Gasteiger charge is 2.38. The topological polar surface area (TPSA) is 168 Å². The van der Waals surface area contributed by atoms with E-state index in [1.54, 1.807) is 74.0 Å². The molecule has 4 N–H and O–H groups in total. The van der Waals surface area contributed by atoms with Crippen molar-refractivity contribution in [1.29, 1.82) is 10.8 Å². The van der Waals surface area contributed by atoms with E-state index in [0.29, 0.717) is 45.5 Å². The molecule has 3 heterocycles. The van der Waals surface area contributed by atoms with Crippen LogP contribution in [0.3, 0.4) is 0 Å². The molecule has 0 saturated carbocycles. The van der Waals surface area contributed by atoms with Crippen LogP contribution < -0.4 is 14.8 Å². The summed E-state index contributed by atoms with van der Waals surface area (Å²) in [5, 5.41) is 20.2.